The van der Waals surface area contributed by atoms with Crippen LogP contribution in [0.1, 0.15) is 13.8 Å². The number of halogens is 1. The van der Waals surface area contributed by atoms with Crippen molar-refractivity contribution >= 4 is 10.9 Å². The molecule has 0 saturated heterocycles. The molecule has 4 nitrogen and oxygen atoms in total. The van der Waals surface area contributed by atoms with Crippen LogP contribution in [0, 0.1) is 11.7 Å². The molecule has 0 atom stereocenters. The molecule has 0 saturated carbocycles. The van der Waals surface area contributed by atoms with Crippen LogP contribution in [0.4, 0.5) is 4.39 Å². The van der Waals surface area contributed by atoms with Crippen LogP contribution in [-0.4, -0.2) is 9.55 Å². The zero-order chi connectivity index (χ0) is 12.6. The predicted octanol–water partition coefficient (Wildman–Crippen LogP) is 1.48. The lowest BCUT2D eigenvalue weighted by molar-refractivity contribution is 0.495. The third-order valence-corrected chi connectivity index (χ3v) is 2.51. The maximum atomic E-state index is 13.4. The van der Waals surface area contributed by atoms with Crippen molar-refractivity contribution in [3.05, 3.63) is 44.9 Å². The average molecular weight is 236 g/mol. The third kappa shape index (κ3) is 2.00. The van der Waals surface area contributed by atoms with Gasteiger partial charge in [-0.2, -0.15) is 0 Å². The molecule has 0 aliphatic rings. The Labute approximate surface area is 96.7 Å². The molecule has 0 radical (unpaired) electrons. The van der Waals surface area contributed by atoms with Crippen LogP contribution >= 0.6 is 0 Å². The number of aromatic nitrogens is 2. The smallest absolute Gasteiger partial charge is 0.304 e. The van der Waals surface area contributed by atoms with Gasteiger partial charge >= 0.3 is 5.69 Å². The van der Waals surface area contributed by atoms with Gasteiger partial charge < -0.3 is 4.98 Å². The maximum Gasteiger partial charge on any atom is 0.328 e. The topological polar surface area (TPSA) is 54.9 Å². The summed E-state index contributed by atoms with van der Waals surface area (Å²) in [7, 11) is 0. The van der Waals surface area contributed by atoms with Crippen molar-refractivity contribution in [3.63, 3.8) is 0 Å². The molecule has 90 valence electrons. The fourth-order valence-electron chi connectivity index (χ4n) is 1.77. The van der Waals surface area contributed by atoms with E-state index < -0.39 is 17.1 Å². The van der Waals surface area contributed by atoms with Crippen molar-refractivity contribution in [2.45, 2.75) is 20.4 Å². The zero-order valence-electron chi connectivity index (χ0n) is 9.66. The number of benzene rings is 1. The van der Waals surface area contributed by atoms with E-state index in [-0.39, 0.29) is 16.8 Å². The monoisotopic (exact) mass is 236 g/mol. The minimum absolute atomic E-state index is 0.0255. The molecule has 0 amide bonds. The van der Waals surface area contributed by atoms with Crippen molar-refractivity contribution in [2.24, 2.45) is 5.92 Å². The van der Waals surface area contributed by atoms with Crippen LogP contribution in [0.2, 0.25) is 0 Å². The van der Waals surface area contributed by atoms with Gasteiger partial charge in [0.05, 0.1) is 10.9 Å². The Bertz CT molecular complexity index is 670. The van der Waals surface area contributed by atoms with Crippen LogP contribution in [-0.2, 0) is 6.54 Å². The summed E-state index contributed by atoms with van der Waals surface area (Å²) in [6.45, 7) is 4.13. The van der Waals surface area contributed by atoms with Gasteiger partial charge in [-0.1, -0.05) is 19.9 Å². The SMILES string of the molecule is CC(C)Cn1c(=O)[nH]c2c(F)cccc2c1=O. The molecule has 0 bridgehead atoms. The molecule has 2 rings (SSSR count). The molecular weight excluding hydrogens is 223 g/mol. The van der Waals surface area contributed by atoms with Crippen LogP contribution in [0.15, 0.2) is 27.8 Å². The van der Waals surface area contributed by atoms with Gasteiger partial charge in [0.1, 0.15) is 5.82 Å². The third-order valence-electron chi connectivity index (χ3n) is 2.51. The van der Waals surface area contributed by atoms with Gasteiger partial charge in [0.2, 0.25) is 0 Å². The molecule has 5 heteroatoms. The highest BCUT2D eigenvalue weighted by Crippen LogP contribution is 2.09. The van der Waals surface area contributed by atoms with Crippen LogP contribution in [0.25, 0.3) is 10.9 Å². The van der Waals surface area contributed by atoms with E-state index in [4.69, 9.17) is 0 Å². The lowest BCUT2D eigenvalue weighted by Gasteiger charge is -2.08. The summed E-state index contributed by atoms with van der Waals surface area (Å²) in [5.41, 5.74) is -1.04. The fraction of sp³-hybridized carbons (Fsp3) is 0.333. The van der Waals surface area contributed by atoms with Crippen molar-refractivity contribution in [1.29, 1.82) is 0 Å². The Balaban J connectivity index is 2.82. The zero-order valence-corrected chi connectivity index (χ0v) is 9.66. The summed E-state index contributed by atoms with van der Waals surface area (Å²) in [4.78, 5) is 26.1. The highest BCUT2D eigenvalue weighted by Gasteiger charge is 2.10. The maximum absolute atomic E-state index is 13.4. The number of hydrogen-bond acceptors (Lipinski definition) is 2. The van der Waals surface area contributed by atoms with E-state index >= 15 is 0 Å². The highest BCUT2D eigenvalue weighted by molar-refractivity contribution is 5.77. The molecule has 0 aliphatic heterocycles. The Morgan fingerprint density at radius 3 is 2.71 bits per heavy atom. The molecule has 0 fully saturated rings. The molecule has 2 aromatic rings. The molecule has 1 aromatic heterocycles. The van der Waals surface area contributed by atoms with E-state index in [0.29, 0.717) is 6.54 Å². The first-order valence-corrected chi connectivity index (χ1v) is 5.42. The van der Waals surface area contributed by atoms with Crippen LogP contribution in [0.5, 0.6) is 0 Å². The Hall–Kier alpha value is -1.91. The molecule has 1 heterocycles. The molecule has 0 aliphatic carbocycles. The second kappa shape index (κ2) is 4.16. The highest BCUT2D eigenvalue weighted by atomic mass is 19.1. The van der Waals surface area contributed by atoms with Gasteiger partial charge in [0, 0.05) is 6.54 Å². The molecular formula is C12H13FN2O2. The Morgan fingerprint density at radius 1 is 1.35 bits per heavy atom. The van der Waals surface area contributed by atoms with Crippen molar-refractivity contribution in [2.75, 3.05) is 0 Å². The minimum atomic E-state index is -0.589. The number of H-pyrrole nitrogens is 1. The number of hydrogen-bond donors (Lipinski definition) is 1. The van der Waals surface area contributed by atoms with E-state index in [2.05, 4.69) is 4.98 Å². The van der Waals surface area contributed by atoms with Crippen LogP contribution < -0.4 is 11.2 Å². The number of nitrogens with zero attached hydrogens (tertiary/aromatic N) is 1. The summed E-state index contributed by atoms with van der Waals surface area (Å²) in [5, 5.41) is 0.199. The first-order chi connectivity index (χ1) is 8.00. The molecule has 0 unspecified atom stereocenters. The number of rotatable bonds is 2. The van der Waals surface area contributed by atoms with Gasteiger partial charge in [-0.25, -0.2) is 9.18 Å². The summed E-state index contributed by atoms with van der Waals surface area (Å²) in [6.07, 6.45) is 0. The summed E-state index contributed by atoms with van der Waals surface area (Å²) in [6, 6.07) is 4.18. The van der Waals surface area contributed by atoms with Crippen molar-refractivity contribution in [1.82, 2.24) is 9.55 Å². The first-order valence-electron chi connectivity index (χ1n) is 5.42. The van der Waals surface area contributed by atoms with Crippen molar-refractivity contribution < 1.29 is 4.39 Å². The molecule has 1 aromatic carbocycles. The standard InChI is InChI=1S/C12H13FN2O2/c1-7(2)6-15-11(16)8-4-3-5-9(13)10(8)14-12(15)17/h3-5,7H,6H2,1-2H3,(H,14,17). The summed E-state index contributed by atoms with van der Waals surface area (Å²) >= 11 is 0. The second-order valence-electron chi connectivity index (χ2n) is 4.40. The van der Waals surface area contributed by atoms with E-state index in [9.17, 15) is 14.0 Å². The quantitative estimate of drug-likeness (QED) is 0.858. The lowest BCUT2D eigenvalue weighted by atomic mass is 10.2. The number of aromatic amines is 1. The largest absolute Gasteiger partial charge is 0.328 e. The van der Waals surface area contributed by atoms with Crippen molar-refractivity contribution in [3.8, 4) is 0 Å². The van der Waals surface area contributed by atoms with Gasteiger partial charge in [0.25, 0.3) is 5.56 Å². The molecule has 0 spiro atoms. The summed E-state index contributed by atoms with van der Waals surface area (Å²) < 4.78 is 14.5. The first kappa shape index (κ1) is 11.6. The normalized spacial score (nSPS) is 11.3. The predicted molar refractivity (Wildman–Crippen MR) is 63.6 cm³/mol. The Kier molecular flexibility index (Phi) is 2.83. The lowest BCUT2D eigenvalue weighted by Crippen LogP contribution is -2.36. The number of fused-ring (bicyclic) bond motifs is 1. The van der Waals surface area contributed by atoms with Gasteiger partial charge in [-0.3, -0.25) is 9.36 Å². The molecule has 1 N–H and O–H groups in total. The minimum Gasteiger partial charge on any atom is -0.304 e. The number of nitrogens with one attached hydrogen (secondary N) is 1. The van der Waals surface area contributed by atoms with Gasteiger partial charge in [-0.15, -0.1) is 0 Å². The summed E-state index contributed by atoms with van der Waals surface area (Å²) in [5.74, 6) is -0.423. The van der Waals surface area contributed by atoms with E-state index in [1.54, 1.807) is 0 Å². The van der Waals surface area contributed by atoms with Gasteiger partial charge in [0.15, 0.2) is 0 Å². The average Bonchev–Trinajstić information content (AvgIpc) is 2.26. The van der Waals surface area contributed by atoms with E-state index in [1.807, 2.05) is 13.8 Å². The van der Waals surface area contributed by atoms with Crippen LogP contribution in [0.3, 0.4) is 0 Å². The van der Waals surface area contributed by atoms with E-state index in [1.165, 1.54) is 18.2 Å². The number of para-hydroxylation sites is 1. The fourth-order valence-corrected chi connectivity index (χ4v) is 1.77. The van der Waals surface area contributed by atoms with E-state index in [0.717, 1.165) is 4.57 Å². The Morgan fingerprint density at radius 2 is 2.06 bits per heavy atom. The van der Waals surface area contributed by atoms with Gasteiger partial charge in [-0.05, 0) is 18.1 Å². The molecule has 17 heavy (non-hydrogen) atoms. The second-order valence-corrected chi connectivity index (χ2v) is 4.40.